The first-order valence-electron chi connectivity index (χ1n) is 7.90. The van der Waals surface area contributed by atoms with Gasteiger partial charge in [0.15, 0.2) is 6.10 Å². The van der Waals surface area contributed by atoms with Crippen molar-refractivity contribution in [3.05, 3.63) is 43.0 Å². The van der Waals surface area contributed by atoms with Gasteiger partial charge in [0.2, 0.25) is 0 Å². The van der Waals surface area contributed by atoms with E-state index >= 15 is 0 Å². The Balaban J connectivity index is 2.33. The fraction of sp³-hybridized carbons (Fsp3) is 0.444. The molecule has 0 saturated carbocycles. The first kappa shape index (κ1) is 19.7. The second-order valence-electron chi connectivity index (χ2n) is 4.87. The Hall–Kier alpha value is -2.34. The molecule has 0 spiro atoms. The molecule has 24 heavy (non-hydrogen) atoms. The molecule has 1 aromatic carbocycles. The van der Waals surface area contributed by atoms with Gasteiger partial charge in [-0.1, -0.05) is 24.8 Å². The van der Waals surface area contributed by atoms with Gasteiger partial charge in [-0.05, 0) is 25.5 Å². The van der Waals surface area contributed by atoms with E-state index in [-0.39, 0.29) is 32.2 Å². The largest absolute Gasteiger partial charge is 0.490 e. The van der Waals surface area contributed by atoms with Crippen LogP contribution in [0.4, 0.5) is 0 Å². The second kappa shape index (κ2) is 12.1. The van der Waals surface area contributed by atoms with Crippen LogP contribution in [0.25, 0.3) is 0 Å². The molecule has 0 aliphatic heterocycles. The van der Waals surface area contributed by atoms with Crippen LogP contribution in [0.15, 0.2) is 43.0 Å². The zero-order valence-electron chi connectivity index (χ0n) is 13.9. The standard InChI is InChI=1S/C18H24O6/c1-3-17(19)22-12-8-11-18(20)24-16(13-21-4-2)14-23-15-9-6-5-7-10-15/h3,5-7,9-10,16H,1,4,8,11-14H2,2H3. The van der Waals surface area contributed by atoms with Gasteiger partial charge in [0, 0.05) is 19.1 Å². The van der Waals surface area contributed by atoms with Crippen LogP contribution in [0, 0.1) is 0 Å². The van der Waals surface area contributed by atoms with Crippen LogP contribution in [0.2, 0.25) is 0 Å². The lowest BCUT2D eigenvalue weighted by Gasteiger charge is -2.18. The lowest BCUT2D eigenvalue weighted by atomic mass is 10.3. The second-order valence-corrected chi connectivity index (χ2v) is 4.87. The molecular formula is C18H24O6. The van der Waals surface area contributed by atoms with Gasteiger partial charge in [-0.15, -0.1) is 0 Å². The van der Waals surface area contributed by atoms with Crippen LogP contribution in [0.3, 0.4) is 0 Å². The molecule has 0 saturated heterocycles. The number of para-hydroxylation sites is 1. The topological polar surface area (TPSA) is 71.1 Å². The van der Waals surface area contributed by atoms with E-state index in [1.165, 1.54) is 0 Å². The van der Waals surface area contributed by atoms with Crippen LogP contribution in [-0.4, -0.2) is 44.5 Å². The van der Waals surface area contributed by atoms with Crippen molar-refractivity contribution in [2.24, 2.45) is 0 Å². The quantitative estimate of drug-likeness (QED) is 0.332. The molecule has 0 amide bonds. The van der Waals surface area contributed by atoms with Crippen molar-refractivity contribution in [2.75, 3.05) is 26.4 Å². The van der Waals surface area contributed by atoms with Gasteiger partial charge in [0.1, 0.15) is 12.4 Å². The predicted molar refractivity (Wildman–Crippen MR) is 88.7 cm³/mol. The van der Waals surface area contributed by atoms with Gasteiger partial charge in [0.25, 0.3) is 0 Å². The Morgan fingerprint density at radius 2 is 1.96 bits per heavy atom. The SMILES string of the molecule is C=CC(=O)OCCCC(=O)OC(COCC)COc1ccccc1. The molecule has 0 radical (unpaired) electrons. The van der Waals surface area contributed by atoms with E-state index < -0.39 is 12.1 Å². The third kappa shape index (κ3) is 8.95. The number of hydrogen-bond donors (Lipinski definition) is 0. The molecule has 1 aromatic rings. The van der Waals surface area contributed by atoms with Gasteiger partial charge >= 0.3 is 11.9 Å². The molecule has 1 rings (SSSR count). The lowest BCUT2D eigenvalue weighted by Crippen LogP contribution is -2.30. The van der Waals surface area contributed by atoms with E-state index in [4.69, 9.17) is 18.9 Å². The summed E-state index contributed by atoms with van der Waals surface area (Å²) in [5, 5.41) is 0. The minimum atomic E-state index is -0.506. The van der Waals surface area contributed by atoms with Crippen molar-refractivity contribution in [3.63, 3.8) is 0 Å². The van der Waals surface area contributed by atoms with E-state index in [2.05, 4.69) is 6.58 Å². The van der Waals surface area contributed by atoms with Crippen molar-refractivity contribution in [1.29, 1.82) is 0 Å². The number of benzene rings is 1. The highest BCUT2D eigenvalue weighted by atomic mass is 16.6. The summed E-state index contributed by atoms with van der Waals surface area (Å²) < 4.78 is 21.1. The fourth-order valence-corrected chi connectivity index (χ4v) is 1.76. The van der Waals surface area contributed by atoms with Crippen molar-refractivity contribution < 1.29 is 28.5 Å². The third-order valence-corrected chi connectivity index (χ3v) is 2.92. The Labute approximate surface area is 142 Å². The number of carbonyl (C=O) groups excluding carboxylic acids is 2. The molecule has 0 aliphatic carbocycles. The van der Waals surface area contributed by atoms with Gasteiger partial charge in [-0.25, -0.2) is 4.79 Å². The number of esters is 2. The zero-order valence-corrected chi connectivity index (χ0v) is 13.9. The summed E-state index contributed by atoms with van der Waals surface area (Å²) in [4.78, 5) is 22.7. The van der Waals surface area contributed by atoms with Crippen LogP contribution < -0.4 is 4.74 Å². The maximum Gasteiger partial charge on any atom is 0.330 e. The highest BCUT2D eigenvalue weighted by Crippen LogP contribution is 2.10. The summed E-state index contributed by atoms with van der Waals surface area (Å²) in [5.74, 6) is -0.189. The maximum absolute atomic E-state index is 11.8. The molecule has 0 aromatic heterocycles. The van der Waals surface area contributed by atoms with Crippen molar-refractivity contribution in [1.82, 2.24) is 0 Å². The molecule has 0 aliphatic rings. The summed E-state index contributed by atoms with van der Waals surface area (Å²) >= 11 is 0. The minimum Gasteiger partial charge on any atom is -0.490 e. The molecule has 0 heterocycles. The molecule has 0 bridgehead atoms. The number of hydrogen-bond acceptors (Lipinski definition) is 6. The summed E-state index contributed by atoms with van der Waals surface area (Å²) in [6, 6.07) is 9.28. The van der Waals surface area contributed by atoms with Crippen LogP contribution in [-0.2, 0) is 23.8 Å². The molecule has 6 heteroatoms. The van der Waals surface area contributed by atoms with E-state index in [1.807, 2.05) is 37.3 Å². The van der Waals surface area contributed by atoms with Crippen molar-refractivity contribution >= 4 is 11.9 Å². The Morgan fingerprint density at radius 1 is 1.21 bits per heavy atom. The molecular weight excluding hydrogens is 312 g/mol. The molecule has 1 unspecified atom stereocenters. The Kier molecular flexibility index (Phi) is 9.96. The molecule has 132 valence electrons. The number of rotatable bonds is 12. The first-order valence-corrected chi connectivity index (χ1v) is 7.90. The minimum absolute atomic E-state index is 0.149. The number of ether oxygens (including phenoxy) is 4. The highest BCUT2D eigenvalue weighted by Gasteiger charge is 2.16. The first-order chi connectivity index (χ1) is 11.7. The van der Waals surface area contributed by atoms with Gasteiger partial charge < -0.3 is 18.9 Å². The fourth-order valence-electron chi connectivity index (χ4n) is 1.76. The van der Waals surface area contributed by atoms with E-state index in [0.29, 0.717) is 18.8 Å². The highest BCUT2D eigenvalue weighted by molar-refractivity contribution is 5.81. The predicted octanol–water partition coefficient (Wildman–Crippen LogP) is 2.52. The molecule has 0 fully saturated rings. The molecule has 6 nitrogen and oxygen atoms in total. The van der Waals surface area contributed by atoms with Crippen LogP contribution in [0.5, 0.6) is 5.75 Å². The normalized spacial score (nSPS) is 11.4. The average Bonchev–Trinajstić information content (AvgIpc) is 2.61. The van der Waals surface area contributed by atoms with Gasteiger partial charge in [-0.2, -0.15) is 0 Å². The summed E-state index contributed by atoms with van der Waals surface area (Å²) in [6.45, 7) is 6.31. The van der Waals surface area contributed by atoms with Crippen molar-refractivity contribution in [2.45, 2.75) is 25.9 Å². The Morgan fingerprint density at radius 3 is 2.62 bits per heavy atom. The Bertz CT molecular complexity index is 499. The summed E-state index contributed by atoms with van der Waals surface area (Å²) in [6.07, 6.45) is 1.13. The maximum atomic E-state index is 11.8. The number of carbonyl (C=O) groups is 2. The lowest BCUT2D eigenvalue weighted by molar-refractivity contribution is -0.155. The van der Waals surface area contributed by atoms with Gasteiger partial charge in [-0.3, -0.25) is 4.79 Å². The van der Waals surface area contributed by atoms with Gasteiger partial charge in [0.05, 0.1) is 13.2 Å². The van der Waals surface area contributed by atoms with E-state index in [9.17, 15) is 9.59 Å². The molecule has 1 atom stereocenters. The van der Waals surface area contributed by atoms with Crippen LogP contribution >= 0.6 is 0 Å². The zero-order chi connectivity index (χ0) is 17.6. The summed E-state index contributed by atoms with van der Waals surface area (Å²) in [7, 11) is 0. The molecule has 0 N–H and O–H groups in total. The average molecular weight is 336 g/mol. The third-order valence-electron chi connectivity index (χ3n) is 2.92. The smallest absolute Gasteiger partial charge is 0.330 e. The summed E-state index contributed by atoms with van der Waals surface area (Å²) in [5.41, 5.74) is 0. The van der Waals surface area contributed by atoms with Crippen molar-refractivity contribution in [3.8, 4) is 5.75 Å². The van der Waals surface area contributed by atoms with E-state index in [1.54, 1.807) is 0 Å². The monoisotopic (exact) mass is 336 g/mol. The van der Waals surface area contributed by atoms with Crippen LogP contribution in [0.1, 0.15) is 19.8 Å². The van der Waals surface area contributed by atoms with E-state index in [0.717, 1.165) is 6.08 Å².